The van der Waals surface area contributed by atoms with E-state index in [0.717, 1.165) is 42.8 Å². The summed E-state index contributed by atoms with van der Waals surface area (Å²) in [5.74, 6) is 0. The van der Waals surface area contributed by atoms with Crippen molar-refractivity contribution >= 4 is 21.6 Å². The third kappa shape index (κ3) is 2.80. The molecule has 0 amide bonds. The highest BCUT2D eigenvalue weighted by atomic mass is 32.1. The standard InChI is InChI=1S/C17H18N4OS/c1-11(12-2-3-16-15(8-12)19-10-23-16)21-6-4-13-14(5-7-21)20-17(22)9-18-13/h2-3,8-11H,4-7H2,1H3,(H,20,22)/t11-/m1/s1. The fourth-order valence-corrected chi connectivity index (χ4v) is 3.90. The number of H-pyrrole nitrogens is 1. The van der Waals surface area contributed by atoms with Crippen molar-refractivity contribution in [1.29, 1.82) is 0 Å². The lowest BCUT2D eigenvalue weighted by molar-refractivity contribution is 0.220. The van der Waals surface area contributed by atoms with Gasteiger partial charge in [-0.05, 0) is 24.6 Å². The number of aromatic nitrogens is 3. The average Bonchev–Trinajstić information content (AvgIpc) is 2.93. The van der Waals surface area contributed by atoms with Crippen LogP contribution in [0.15, 0.2) is 34.7 Å². The molecule has 1 aliphatic heterocycles. The van der Waals surface area contributed by atoms with Crippen molar-refractivity contribution in [3.63, 3.8) is 0 Å². The summed E-state index contributed by atoms with van der Waals surface area (Å²) in [7, 11) is 0. The Morgan fingerprint density at radius 2 is 2.13 bits per heavy atom. The molecule has 1 atom stereocenters. The van der Waals surface area contributed by atoms with Gasteiger partial charge in [0.15, 0.2) is 0 Å². The lowest BCUT2D eigenvalue weighted by Gasteiger charge is -2.27. The van der Waals surface area contributed by atoms with Crippen LogP contribution in [0.5, 0.6) is 0 Å². The summed E-state index contributed by atoms with van der Waals surface area (Å²) in [4.78, 5) is 25.6. The smallest absolute Gasteiger partial charge is 0.266 e. The molecular weight excluding hydrogens is 308 g/mol. The third-order valence-electron chi connectivity index (χ3n) is 4.63. The van der Waals surface area contributed by atoms with E-state index in [1.54, 1.807) is 11.3 Å². The van der Waals surface area contributed by atoms with Gasteiger partial charge in [-0.25, -0.2) is 4.98 Å². The van der Waals surface area contributed by atoms with Gasteiger partial charge >= 0.3 is 0 Å². The molecule has 0 radical (unpaired) electrons. The Balaban J connectivity index is 1.57. The van der Waals surface area contributed by atoms with Crippen LogP contribution in [0.2, 0.25) is 0 Å². The van der Waals surface area contributed by atoms with Gasteiger partial charge in [-0.2, -0.15) is 0 Å². The van der Waals surface area contributed by atoms with Crippen LogP contribution in [0, 0.1) is 0 Å². The molecule has 0 spiro atoms. The molecule has 0 saturated heterocycles. The number of thiazole rings is 1. The summed E-state index contributed by atoms with van der Waals surface area (Å²) in [6.07, 6.45) is 3.09. The summed E-state index contributed by atoms with van der Waals surface area (Å²) >= 11 is 1.67. The Morgan fingerprint density at radius 1 is 1.26 bits per heavy atom. The van der Waals surface area contributed by atoms with Gasteiger partial charge < -0.3 is 4.98 Å². The van der Waals surface area contributed by atoms with Crippen molar-refractivity contribution < 1.29 is 0 Å². The number of benzene rings is 1. The number of aromatic amines is 1. The number of rotatable bonds is 2. The third-order valence-corrected chi connectivity index (χ3v) is 5.44. The summed E-state index contributed by atoms with van der Waals surface area (Å²) in [5.41, 5.74) is 6.15. The van der Waals surface area contributed by atoms with Gasteiger partial charge in [0, 0.05) is 37.7 Å². The van der Waals surface area contributed by atoms with Crippen LogP contribution >= 0.6 is 11.3 Å². The summed E-state index contributed by atoms with van der Waals surface area (Å²) in [5, 5.41) is 0. The molecule has 0 bridgehead atoms. The molecular formula is C17H18N4OS. The van der Waals surface area contributed by atoms with E-state index in [2.05, 4.69) is 45.0 Å². The summed E-state index contributed by atoms with van der Waals surface area (Å²) in [6, 6.07) is 6.87. The fourth-order valence-electron chi connectivity index (χ4n) is 3.24. The predicted molar refractivity (Wildman–Crippen MR) is 91.9 cm³/mol. The van der Waals surface area contributed by atoms with Gasteiger partial charge in [0.25, 0.3) is 5.56 Å². The second kappa shape index (κ2) is 5.86. The molecule has 118 valence electrons. The molecule has 2 aromatic heterocycles. The van der Waals surface area contributed by atoms with Gasteiger partial charge in [0.05, 0.1) is 27.6 Å². The highest BCUT2D eigenvalue weighted by Crippen LogP contribution is 2.27. The predicted octanol–water partition coefficient (Wildman–Crippen LogP) is 2.54. The second-order valence-electron chi connectivity index (χ2n) is 5.96. The lowest BCUT2D eigenvalue weighted by atomic mass is 10.1. The first-order valence-corrected chi connectivity index (χ1v) is 8.73. The minimum absolute atomic E-state index is 0.112. The van der Waals surface area contributed by atoms with Crippen molar-refractivity contribution in [3.05, 3.63) is 57.2 Å². The number of hydrogen-bond donors (Lipinski definition) is 1. The van der Waals surface area contributed by atoms with Crippen LogP contribution in [-0.2, 0) is 12.8 Å². The summed E-state index contributed by atoms with van der Waals surface area (Å²) < 4.78 is 1.23. The van der Waals surface area contributed by atoms with E-state index in [4.69, 9.17) is 0 Å². The van der Waals surface area contributed by atoms with E-state index in [1.165, 1.54) is 16.5 Å². The normalized spacial score (nSPS) is 16.9. The van der Waals surface area contributed by atoms with Crippen molar-refractivity contribution in [2.24, 2.45) is 0 Å². The maximum Gasteiger partial charge on any atom is 0.266 e. The number of nitrogens with zero attached hydrogens (tertiary/aromatic N) is 3. The van der Waals surface area contributed by atoms with Gasteiger partial charge in [-0.3, -0.25) is 14.7 Å². The van der Waals surface area contributed by atoms with E-state index in [0.29, 0.717) is 6.04 Å². The molecule has 0 aliphatic carbocycles. The van der Waals surface area contributed by atoms with Gasteiger partial charge in [-0.1, -0.05) is 6.07 Å². The highest BCUT2D eigenvalue weighted by Gasteiger charge is 2.21. The van der Waals surface area contributed by atoms with E-state index in [1.807, 2.05) is 5.51 Å². The molecule has 0 unspecified atom stereocenters. The number of nitrogens with one attached hydrogen (secondary N) is 1. The quantitative estimate of drug-likeness (QED) is 0.786. The van der Waals surface area contributed by atoms with Crippen molar-refractivity contribution in [3.8, 4) is 0 Å². The molecule has 0 saturated carbocycles. The molecule has 4 rings (SSSR count). The number of hydrogen-bond acceptors (Lipinski definition) is 5. The van der Waals surface area contributed by atoms with E-state index < -0.39 is 0 Å². The Labute approximate surface area is 138 Å². The topological polar surface area (TPSA) is 61.9 Å². The zero-order chi connectivity index (χ0) is 15.8. The van der Waals surface area contributed by atoms with Crippen molar-refractivity contribution in [2.45, 2.75) is 25.8 Å². The minimum atomic E-state index is -0.112. The fraction of sp³-hybridized carbons (Fsp3) is 0.353. The van der Waals surface area contributed by atoms with Crippen LogP contribution in [0.1, 0.15) is 29.9 Å². The van der Waals surface area contributed by atoms with Crippen molar-refractivity contribution in [1.82, 2.24) is 19.9 Å². The Bertz CT molecular complexity index is 901. The van der Waals surface area contributed by atoms with Crippen LogP contribution in [0.4, 0.5) is 0 Å². The second-order valence-corrected chi connectivity index (χ2v) is 6.85. The zero-order valence-electron chi connectivity index (χ0n) is 13.0. The minimum Gasteiger partial charge on any atom is -0.323 e. The number of fused-ring (bicyclic) bond motifs is 2. The molecule has 1 aliphatic rings. The van der Waals surface area contributed by atoms with Crippen LogP contribution in [0.25, 0.3) is 10.2 Å². The van der Waals surface area contributed by atoms with Gasteiger partial charge in [-0.15, -0.1) is 11.3 Å². The molecule has 1 N–H and O–H groups in total. The average molecular weight is 326 g/mol. The molecule has 0 fully saturated rings. The highest BCUT2D eigenvalue weighted by molar-refractivity contribution is 7.16. The SMILES string of the molecule is C[C@H](c1ccc2scnc2c1)N1CCc2ncc(=O)[nH]c2CC1. The zero-order valence-corrected chi connectivity index (χ0v) is 13.8. The first-order chi connectivity index (χ1) is 11.2. The monoisotopic (exact) mass is 326 g/mol. The van der Waals surface area contributed by atoms with Crippen LogP contribution < -0.4 is 5.56 Å². The Kier molecular flexibility index (Phi) is 3.71. The molecule has 3 aromatic rings. The Morgan fingerprint density at radius 3 is 3.04 bits per heavy atom. The molecule has 6 heteroatoms. The lowest BCUT2D eigenvalue weighted by Crippen LogP contribution is -2.29. The van der Waals surface area contributed by atoms with E-state index in [-0.39, 0.29) is 5.56 Å². The van der Waals surface area contributed by atoms with Crippen molar-refractivity contribution in [2.75, 3.05) is 13.1 Å². The maximum absolute atomic E-state index is 11.5. The van der Waals surface area contributed by atoms with Crippen LogP contribution in [0.3, 0.4) is 0 Å². The van der Waals surface area contributed by atoms with Gasteiger partial charge in [0.1, 0.15) is 0 Å². The first kappa shape index (κ1) is 14.5. The maximum atomic E-state index is 11.5. The van der Waals surface area contributed by atoms with E-state index >= 15 is 0 Å². The molecule has 1 aromatic carbocycles. The van der Waals surface area contributed by atoms with E-state index in [9.17, 15) is 4.79 Å². The largest absolute Gasteiger partial charge is 0.323 e. The van der Waals surface area contributed by atoms with Gasteiger partial charge in [0.2, 0.25) is 0 Å². The first-order valence-electron chi connectivity index (χ1n) is 7.85. The Hall–Kier alpha value is -2.05. The molecule has 3 heterocycles. The molecule has 5 nitrogen and oxygen atoms in total. The molecule has 23 heavy (non-hydrogen) atoms. The summed E-state index contributed by atoms with van der Waals surface area (Å²) in [6.45, 7) is 4.10. The van der Waals surface area contributed by atoms with Crippen LogP contribution in [-0.4, -0.2) is 32.9 Å².